The lowest BCUT2D eigenvalue weighted by molar-refractivity contribution is 0.369. The Morgan fingerprint density at radius 3 is 1.29 bits per heavy atom. The standard InChI is InChI=1S/C30H38O4/c1-28(2,3)19-8-11-24(31)22(16-19)23-17-20(9-12-25(23)32)29(4,5)14-15-30(6,7)21-10-13-26(33)27(34)18-21/h8-13,16-18,31-34H,14-15H2,1-7H3. The summed E-state index contributed by atoms with van der Waals surface area (Å²) in [4.78, 5) is 0. The van der Waals surface area contributed by atoms with E-state index in [1.165, 1.54) is 6.07 Å². The van der Waals surface area contributed by atoms with Crippen LogP contribution in [0.5, 0.6) is 23.0 Å². The van der Waals surface area contributed by atoms with Crippen LogP contribution in [0.3, 0.4) is 0 Å². The quantitative estimate of drug-likeness (QED) is 0.286. The van der Waals surface area contributed by atoms with Crippen molar-refractivity contribution in [1.29, 1.82) is 0 Å². The van der Waals surface area contributed by atoms with Crippen molar-refractivity contribution in [2.75, 3.05) is 0 Å². The number of phenolic OH excluding ortho intramolecular Hbond substituents is 4. The highest BCUT2D eigenvalue weighted by Gasteiger charge is 2.29. The molecule has 3 rings (SSSR count). The molecule has 4 nitrogen and oxygen atoms in total. The number of rotatable bonds is 6. The highest BCUT2D eigenvalue weighted by Crippen LogP contribution is 2.43. The summed E-state index contributed by atoms with van der Waals surface area (Å²) in [6.45, 7) is 15.0. The Kier molecular flexibility index (Phi) is 6.67. The lowest BCUT2D eigenvalue weighted by Gasteiger charge is -2.32. The van der Waals surface area contributed by atoms with Crippen molar-refractivity contribution in [3.05, 3.63) is 71.3 Å². The van der Waals surface area contributed by atoms with Crippen molar-refractivity contribution in [1.82, 2.24) is 0 Å². The van der Waals surface area contributed by atoms with E-state index in [0.29, 0.717) is 11.1 Å². The number of benzene rings is 3. The molecular formula is C30H38O4. The van der Waals surface area contributed by atoms with Crippen LogP contribution in [-0.4, -0.2) is 20.4 Å². The molecule has 0 fully saturated rings. The van der Waals surface area contributed by atoms with E-state index in [2.05, 4.69) is 48.5 Å². The smallest absolute Gasteiger partial charge is 0.157 e. The number of hydrogen-bond donors (Lipinski definition) is 4. The van der Waals surface area contributed by atoms with Gasteiger partial charge in [0.1, 0.15) is 11.5 Å². The third kappa shape index (κ3) is 5.32. The Hall–Kier alpha value is -3.14. The van der Waals surface area contributed by atoms with Gasteiger partial charge in [-0.3, -0.25) is 0 Å². The molecule has 0 aliphatic rings. The lowest BCUT2D eigenvalue weighted by atomic mass is 9.72. The Morgan fingerprint density at radius 2 is 0.853 bits per heavy atom. The fourth-order valence-corrected chi connectivity index (χ4v) is 4.25. The van der Waals surface area contributed by atoms with E-state index >= 15 is 0 Å². The number of aromatic hydroxyl groups is 4. The molecule has 0 aliphatic carbocycles. The normalized spacial score (nSPS) is 12.7. The van der Waals surface area contributed by atoms with Crippen LogP contribution in [0.4, 0.5) is 0 Å². The molecule has 34 heavy (non-hydrogen) atoms. The maximum absolute atomic E-state index is 10.7. The van der Waals surface area contributed by atoms with E-state index in [9.17, 15) is 20.4 Å². The van der Waals surface area contributed by atoms with Gasteiger partial charge in [-0.05, 0) is 82.2 Å². The molecule has 182 valence electrons. The van der Waals surface area contributed by atoms with Gasteiger partial charge < -0.3 is 20.4 Å². The molecule has 0 aromatic heterocycles. The van der Waals surface area contributed by atoms with Gasteiger partial charge in [0.05, 0.1) is 0 Å². The SMILES string of the molecule is CC(C)(C)c1ccc(O)c(-c2cc(C(C)(C)CCC(C)(C)c3ccc(O)c(O)c3)ccc2O)c1. The van der Waals surface area contributed by atoms with Crippen LogP contribution >= 0.6 is 0 Å². The minimum Gasteiger partial charge on any atom is -0.507 e. The molecular weight excluding hydrogens is 424 g/mol. The van der Waals surface area contributed by atoms with E-state index in [1.54, 1.807) is 18.2 Å². The minimum absolute atomic E-state index is 0.0802. The Labute approximate surface area is 203 Å². The predicted molar refractivity (Wildman–Crippen MR) is 139 cm³/mol. The van der Waals surface area contributed by atoms with Crippen LogP contribution in [0.25, 0.3) is 11.1 Å². The van der Waals surface area contributed by atoms with Crippen molar-refractivity contribution in [3.8, 4) is 34.1 Å². The zero-order chi connectivity index (χ0) is 25.5. The Balaban J connectivity index is 1.92. The molecule has 0 aliphatic heterocycles. The molecule has 3 aromatic carbocycles. The molecule has 0 radical (unpaired) electrons. The van der Waals surface area contributed by atoms with Gasteiger partial charge in [0, 0.05) is 11.1 Å². The molecule has 0 unspecified atom stereocenters. The second-order valence-corrected chi connectivity index (χ2v) is 11.7. The highest BCUT2D eigenvalue weighted by molar-refractivity contribution is 5.77. The van der Waals surface area contributed by atoms with Gasteiger partial charge in [0.2, 0.25) is 0 Å². The third-order valence-electron chi connectivity index (χ3n) is 7.06. The van der Waals surface area contributed by atoms with Gasteiger partial charge in [-0.2, -0.15) is 0 Å². The van der Waals surface area contributed by atoms with Gasteiger partial charge in [-0.1, -0.05) is 66.7 Å². The first kappa shape index (κ1) is 25.5. The maximum atomic E-state index is 10.7. The summed E-state index contributed by atoms with van der Waals surface area (Å²) in [7, 11) is 0. The molecule has 4 heteroatoms. The summed E-state index contributed by atoms with van der Waals surface area (Å²) < 4.78 is 0. The van der Waals surface area contributed by atoms with Gasteiger partial charge in [0.15, 0.2) is 11.5 Å². The zero-order valence-corrected chi connectivity index (χ0v) is 21.4. The van der Waals surface area contributed by atoms with Crippen LogP contribution in [0.2, 0.25) is 0 Å². The second kappa shape index (κ2) is 8.90. The molecule has 0 amide bonds. The van der Waals surface area contributed by atoms with Gasteiger partial charge in [-0.25, -0.2) is 0 Å². The minimum atomic E-state index is -0.207. The summed E-state index contributed by atoms with van der Waals surface area (Å²) in [6.07, 6.45) is 1.71. The van der Waals surface area contributed by atoms with Crippen LogP contribution in [0, 0.1) is 0 Å². The van der Waals surface area contributed by atoms with Crippen molar-refractivity contribution >= 4 is 0 Å². The summed E-state index contributed by atoms with van der Waals surface area (Å²) in [5, 5.41) is 40.9. The van der Waals surface area contributed by atoms with Crippen LogP contribution < -0.4 is 0 Å². The first-order valence-corrected chi connectivity index (χ1v) is 11.8. The van der Waals surface area contributed by atoms with Crippen molar-refractivity contribution < 1.29 is 20.4 Å². The Morgan fingerprint density at radius 1 is 0.471 bits per heavy atom. The first-order valence-electron chi connectivity index (χ1n) is 11.8. The van der Waals surface area contributed by atoms with Gasteiger partial charge >= 0.3 is 0 Å². The Bertz CT molecular complexity index is 1180. The topological polar surface area (TPSA) is 80.9 Å². The second-order valence-electron chi connectivity index (χ2n) is 11.7. The van der Waals surface area contributed by atoms with Crippen LogP contribution in [0.15, 0.2) is 54.6 Å². The largest absolute Gasteiger partial charge is 0.507 e. The van der Waals surface area contributed by atoms with Gasteiger partial charge in [0.25, 0.3) is 0 Å². The molecule has 3 aromatic rings. The highest BCUT2D eigenvalue weighted by atomic mass is 16.3. The van der Waals surface area contributed by atoms with E-state index in [1.807, 2.05) is 30.3 Å². The van der Waals surface area contributed by atoms with E-state index in [4.69, 9.17) is 0 Å². The monoisotopic (exact) mass is 462 g/mol. The fourth-order valence-electron chi connectivity index (χ4n) is 4.25. The van der Waals surface area contributed by atoms with E-state index in [0.717, 1.165) is 29.5 Å². The van der Waals surface area contributed by atoms with Crippen molar-refractivity contribution in [2.24, 2.45) is 0 Å². The molecule has 0 bridgehead atoms. The lowest BCUT2D eigenvalue weighted by Crippen LogP contribution is -2.24. The predicted octanol–water partition coefficient (Wildman–Crippen LogP) is 7.51. The summed E-state index contributed by atoms with van der Waals surface area (Å²) in [6, 6.07) is 16.2. The van der Waals surface area contributed by atoms with E-state index in [-0.39, 0.29) is 39.2 Å². The molecule has 0 atom stereocenters. The molecule has 0 saturated carbocycles. The number of phenols is 4. The van der Waals surface area contributed by atoms with Gasteiger partial charge in [-0.15, -0.1) is 0 Å². The van der Waals surface area contributed by atoms with E-state index < -0.39 is 0 Å². The van der Waals surface area contributed by atoms with Crippen molar-refractivity contribution in [2.45, 2.75) is 77.6 Å². The molecule has 0 spiro atoms. The molecule has 4 N–H and O–H groups in total. The maximum Gasteiger partial charge on any atom is 0.157 e. The van der Waals surface area contributed by atoms with Crippen molar-refractivity contribution in [3.63, 3.8) is 0 Å². The van der Waals surface area contributed by atoms with Crippen LogP contribution in [-0.2, 0) is 16.2 Å². The zero-order valence-electron chi connectivity index (χ0n) is 21.4. The first-order chi connectivity index (χ1) is 15.6. The summed E-state index contributed by atoms with van der Waals surface area (Å²) in [5.41, 5.74) is 3.89. The third-order valence-corrected chi connectivity index (χ3v) is 7.06. The van der Waals surface area contributed by atoms with Crippen LogP contribution in [0.1, 0.15) is 78.0 Å². The average Bonchev–Trinajstić information content (AvgIpc) is 2.74. The average molecular weight is 463 g/mol. The number of hydrogen-bond acceptors (Lipinski definition) is 4. The molecule has 0 heterocycles. The summed E-state index contributed by atoms with van der Waals surface area (Å²) in [5.74, 6) is 0.0629. The summed E-state index contributed by atoms with van der Waals surface area (Å²) >= 11 is 0. The fraction of sp³-hybridized carbons (Fsp3) is 0.400. The molecule has 0 saturated heterocycles.